The van der Waals surface area contributed by atoms with Crippen LogP contribution in [0.3, 0.4) is 0 Å². The highest BCUT2D eigenvalue weighted by Crippen LogP contribution is 2.31. The number of nitrogens with zero attached hydrogens (tertiary/aromatic N) is 3. The maximum Gasteiger partial charge on any atom is 0.233 e. The van der Waals surface area contributed by atoms with E-state index in [4.69, 9.17) is 4.74 Å². The first-order chi connectivity index (χ1) is 14.1. The van der Waals surface area contributed by atoms with Gasteiger partial charge in [0.1, 0.15) is 11.6 Å². The second-order valence-electron chi connectivity index (χ2n) is 6.47. The van der Waals surface area contributed by atoms with E-state index in [9.17, 15) is 9.18 Å². The second kappa shape index (κ2) is 8.36. The number of carbonyl (C=O) groups excluding carboxylic acids is 1. The molecule has 5 nitrogen and oxygen atoms in total. The molecule has 7 heteroatoms. The fraction of sp³-hybridized carbons (Fsp3) is 0.136. The van der Waals surface area contributed by atoms with Crippen LogP contribution in [0.2, 0.25) is 0 Å². The number of hydrogen-bond donors (Lipinski definition) is 0. The van der Waals surface area contributed by atoms with Gasteiger partial charge in [0.2, 0.25) is 5.91 Å². The minimum Gasteiger partial charge on any atom is -0.497 e. The molecule has 0 aliphatic carbocycles. The van der Waals surface area contributed by atoms with Crippen molar-refractivity contribution in [2.24, 2.45) is 0 Å². The van der Waals surface area contributed by atoms with Crippen LogP contribution in [0.25, 0.3) is 10.2 Å². The summed E-state index contributed by atoms with van der Waals surface area (Å²) in [7, 11) is 1.60. The van der Waals surface area contributed by atoms with E-state index in [0.717, 1.165) is 16.9 Å². The van der Waals surface area contributed by atoms with E-state index in [1.807, 2.05) is 36.4 Å². The summed E-state index contributed by atoms with van der Waals surface area (Å²) in [5.74, 6) is 0.316. The Morgan fingerprint density at radius 1 is 1.14 bits per heavy atom. The first-order valence-electron chi connectivity index (χ1n) is 9.00. The average Bonchev–Trinajstić information content (AvgIpc) is 3.16. The molecular formula is C22H18FN3O2S. The highest BCUT2D eigenvalue weighted by atomic mass is 32.1. The van der Waals surface area contributed by atoms with Gasteiger partial charge in [0.05, 0.1) is 30.3 Å². The molecule has 0 bridgehead atoms. The Hall–Kier alpha value is -3.32. The molecule has 0 N–H and O–H groups in total. The molecule has 0 fully saturated rings. The summed E-state index contributed by atoms with van der Waals surface area (Å²) < 4.78 is 19.5. The van der Waals surface area contributed by atoms with Crippen molar-refractivity contribution in [3.05, 3.63) is 83.9 Å². The second-order valence-corrected chi connectivity index (χ2v) is 7.48. The summed E-state index contributed by atoms with van der Waals surface area (Å²) in [6, 6.07) is 15.6. The normalized spacial score (nSPS) is 10.8. The maximum absolute atomic E-state index is 13.6. The van der Waals surface area contributed by atoms with Crippen LogP contribution in [0.5, 0.6) is 5.75 Å². The number of halogens is 1. The Morgan fingerprint density at radius 3 is 2.69 bits per heavy atom. The van der Waals surface area contributed by atoms with E-state index in [1.54, 1.807) is 30.5 Å². The zero-order chi connectivity index (χ0) is 20.2. The quantitative estimate of drug-likeness (QED) is 0.468. The van der Waals surface area contributed by atoms with Crippen LogP contribution in [0.15, 0.2) is 67.0 Å². The van der Waals surface area contributed by atoms with Gasteiger partial charge in [-0.3, -0.25) is 14.7 Å². The van der Waals surface area contributed by atoms with Crippen molar-refractivity contribution < 1.29 is 13.9 Å². The number of pyridine rings is 1. The Kier molecular flexibility index (Phi) is 5.48. The molecule has 0 spiro atoms. The Morgan fingerprint density at radius 2 is 1.97 bits per heavy atom. The number of ether oxygens (including phenoxy) is 1. The van der Waals surface area contributed by atoms with Crippen LogP contribution in [-0.4, -0.2) is 23.0 Å². The Labute approximate surface area is 171 Å². The molecule has 1 amide bonds. The van der Waals surface area contributed by atoms with Crippen molar-refractivity contribution in [3.63, 3.8) is 0 Å². The van der Waals surface area contributed by atoms with Crippen LogP contribution >= 0.6 is 11.3 Å². The zero-order valence-corrected chi connectivity index (χ0v) is 16.5. The van der Waals surface area contributed by atoms with Gasteiger partial charge in [0.25, 0.3) is 0 Å². The number of methoxy groups -OCH3 is 1. The standard InChI is InChI=1S/C22H18FN3O2S/c1-28-18-7-4-15(5-8-18)11-21(27)26(14-16-3-2-10-24-13-16)22-25-19-9-6-17(23)12-20(19)29-22/h2-10,12-13H,11,14H2,1H3. The van der Waals surface area contributed by atoms with E-state index in [-0.39, 0.29) is 18.1 Å². The molecular weight excluding hydrogens is 389 g/mol. The van der Waals surface area contributed by atoms with E-state index < -0.39 is 0 Å². The van der Waals surface area contributed by atoms with Crippen LogP contribution in [0.1, 0.15) is 11.1 Å². The number of carbonyl (C=O) groups is 1. The van der Waals surface area contributed by atoms with E-state index in [2.05, 4.69) is 9.97 Å². The molecule has 0 unspecified atom stereocenters. The lowest BCUT2D eigenvalue weighted by Gasteiger charge is -2.20. The first kappa shape index (κ1) is 19.0. The molecule has 0 atom stereocenters. The number of aromatic nitrogens is 2. The molecule has 29 heavy (non-hydrogen) atoms. The molecule has 4 rings (SSSR count). The highest BCUT2D eigenvalue weighted by Gasteiger charge is 2.21. The average molecular weight is 407 g/mol. The fourth-order valence-corrected chi connectivity index (χ4v) is 3.96. The van der Waals surface area contributed by atoms with Gasteiger partial charge in [-0.2, -0.15) is 0 Å². The minimum atomic E-state index is -0.323. The summed E-state index contributed by atoms with van der Waals surface area (Å²) in [5.41, 5.74) is 2.43. The number of hydrogen-bond acceptors (Lipinski definition) is 5. The number of rotatable bonds is 6. The fourth-order valence-electron chi connectivity index (χ4n) is 2.95. The topological polar surface area (TPSA) is 55.3 Å². The smallest absolute Gasteiger partial charge is 0.233 e. The number of fused-ring (bicyclic) bond motifs is 1. The number of anilines is 1. The van der Waals surface area contributed by atoms with Crippen molar-refractivity contribution in [3.8, 4) is 5.75 Å². The molecule has 0 radical (unpaired) electrons. The molecule has 0 aliphatic heterocycles. The molecule has 4 aromatic rings. The summed E-state index contributed by atoms with van der Waals surface area (Å²) in [4.78, 5) is 23.5. The molecule has 2 heterocycles. The minimum absolute atomic E-state index is 0.0986. The molecule has 2 aromatic carbocycles. The molecule has 0 saturated heterocycles. The first-order valence-corrected chi connectivity index (χ1v) is 9.82. The van der Waals surface area contributed by atoms with Crippen LogP contribution in [-0.2, 0) is 17.8 Å². The Bertz CT molecular complexity index is 1130. The van der Waals surface area contributed by atoms with Gasteiger partial charge >= 0.3 is 0 Å². The van der Waals surface area contributed by atoms with Crippen molar-refractivity contribution in [2.75, 3.05) is 12.0 Å². The summed E-state index contributed by atoms with van der Waals surface area (Å²) >= 11 is 1.30. The third-order valence-electron chi connectivity index (χ3n) is 4.45. The monoisotopic (exact) mass is 407 g/mol. The number of amides is 1. The summed E-state index contributed by atoms with van der Waals surface area (Å²) in [6.07, 6.45) is 3.63. The van der Waals surface area contributed by atoms with Gasteiger partial charge < -0.3 is 4.74 Å². The van der Waals surface area contributed by atoms with Gasteiger partial charge in [-0.25, -0.2) is 9.37 Å². The van der Waals surface area contributed by atoms with Gasteiger partial charge in [0.15, 0.2) is 5.13 Å². The molecule has 0 aliphatic rings. The third-order valence-corrected chi connectivity index (χ3v) is 5.49. The van der Waals surface area contributed by atoms with E-state index in [1.165, 1.54) is 23.5 Å². The van der Waals surface area contributed by atoms with Gasteiger partial charge in [-0.05, 0) is 47.5 Å². The molecule has 0 saturated carbocycles. The van der Waals surface area contributed by atoms with Gasteiger partial charge in [-0.15, -0.1) is 0 Å². The van der Waals surface area contributed by atoms with Crippen LogP contribution < -0.4 is 9.64 Å². The zero-order valence-electron chi connectivity index (χ0n) is 15.7. The predicted molar refractivity (Wildman–Crippen MR) is 112 cm³/mol. The highest BCUT2D eigenvalue weighted by molar-refractivity contribution is 7.22. The maximum atomic E-state index is 13.6. The van der Waals surface area contributed by atoms with Crippen molar-refractivity contribution in [1.82, 2.24) is 9.97 Å². The van der Waals surface area contributed by atoms with Crippen molar-refractivity contribution in [2.45, 2.75) is 13.0 Å². The van der Waals surface area contributed by atoms with Crippen LogP contribution in [0, 0.1) is 5.82 Å². The molecule has 2 aromatic heterocycles. The lowest BCUT2D eigenvalue weighted by Crippen LogP contribution is -2.31. The van der Waals surface area contributed by atoms with Gasteiger partial charge in [0, 0.05) is 12.4 Å². The lowest BCUT2D eigenvalue weighted by atomic mass is 10.1. The van der Waals surface area contributed by atoms with Gasteiger partial charge in [-0.1, -0.05) is 29.5 Å². The van der Waals surface area contributed by atoms with E-state index in [0.29, 0.717) is 21.9 Å². The lowest BCUT2D eigenvalue weighted by molar-refractivity contribution is -0.118. The summed E-state index contributed by atoms with van der Waals surface area (Å²) in [5, 5.41) is 0.535. The third kappa shape index (κ3) is 4.41. The van der Waals surface area contributed by atoms with Crippen molar-refractivity contribution >= 4 is 32.6 Å². The largest absolute Gasteiger partial charge is 0.497 e. The number of thiazole rings is 1. The van der Waals surface area contributed by atoms with Crippen LogP contribution in [0.4, 0.5) is 9.52 Å². The number of benzene rings is 2. The SMILES string of the molecule is COc1ccc(CC(=O)N(Cc2cccnc2)c2nc3ccc(F)cc3s2)cc1. The Balaban J connectivity index is 1.65. The van der Waals surface area contributed by atoms with E-state index >= 15 is 0 Å². The summed E-state index contributed by atoms with van der Waals surface area (Å²) in [6.45, 7) is 0.338. The van der Waals surface area contributed by atoms with Crippen molar-refractivity contribution in [1.29, 1.82) is 0 Å². The predicted octanol–water partition coefficient (Wildman–Crippen LogP) is 4.61. The molecule has 146 valence electrons.